The van der Waals surface area contributed by atoms with E-state index in [0.717, 1.165) is 0 Å². The summed E-state index contributed by atoms with van der Waals surface area (Å²) in [5.74, 6) is -2.21. The van der Waals surface area contributed by atoms with Crippen LogP contribution in [0.2, 0.25) is 0 Å². The molecule has 1 heterocycles. The van der Waals surface area contributed by atoms with Crippen LogP contribution >= 0.6 is 15.9 Å². The number of rotatable bonds is 4. The Bertz CT molecular complexity index is 558. The lowest BCUT2D eigenvalue weighted by Crippen LogP contribution is -2.53. The fourth-order valence-electron chi connectivity index (χ4n) is 3.01. The molecule has 1 aromatic rings. The zero-order chi connectivity index (χ0) is 15.6. The fourth-order valence-corrected chi connectivity index (χ4v) is 3.53. The number of hydrogen-bond acceptors (Lipinski definition) is 2. The highest BCUT2D eigenvalue weighted by Gasteiger charge is 2.49. The van der Waals surface area contributed by atoms with E-state index in [0.29, 0.717) is 36.7 Å². The van der Waals surface area contributed by atoms with Gasteiger partial charge in [0.25, 0.3) is 5.91 Å². The highest BCUT2D eigenvalue weighted by molar-refractivity contribution is 9.10. The summed E-state index contributed by atoms with van der Waals surface area (Å²) in [7, 11) is 0. The molecule has 0 radical (unpaired) electrons. The molecule has 1 amide bonds. The highest BCUT2D eigenvalue weighted by atomic mass is 79.9. The minimum absolute atomic E-state index is 0.0962. The van der Waals surface area contributed by atoms with Crippen molar-refractivity contribution in [1.29, 1.82) is 0 Å². The Hall–Kier alpha value is -1.43. The Kier molecular flexibility index (Phi) is 4.66. The van der Waals surface area contributed by atoms with Crippen molar-refractivity contribution in [1.82, 2.24) is 4.90 Å². The number of amides is 1. The van der Waals surface area contributed by atoms with Gasteiger partial charge in [-0.15, -0.1) is 0 Å². The molecule has 1 aliphatic heterocycles. The van der Waals surface area contributed by atoms with Crippen LogP contribution in [-0.4, -0.2) is 34.0 Å². The summed E-state index contributed by atoms with van der Waals surface area (Å²) in [5.41, 5.74) is -1.31. The van der Waals surface area contributed by atoms with E-state index in [1.807, 2.05) is 6.92 Å². The molecule has 0 saturated carbocycles. The van der Waals surface area contributed by atoms with Crippen molar-refractivity contribution in [3.63, 3.8) is 0 Å². The molecular formula is C15H17BrFNO3. The Morgan fingerprint density at radius 1 is 1.48 bits per heavy atom. The molecule has 1 atom stereocenters. The first-order valence-corrected chi connectivity index (χ1v) is 7.72. The topological polar surface area (TPSA) is 57.6 Å². The normalized spacial score (nSPS) is 21.6. The Morgan fingerprint density at radius 3 is 2.76 bits per heavy atom. The van der Waals surface area contributed by atoms with Crippen LogP contribution in [-0.2, 0) is 4.79 Å². The van der Waals surface area contributed by atoms with Gasteiger partial charge in [0.05, 0.1) is 5.56 Å². The van der Waals surface area contributed by atoms with Gasteiger partial charge in [0, 0.05) is 11.0 Å². The van der Waals surface area contributed by atoms with Crippen molar-refractivity contribution in [2.45, 2.75) is 38.1 Å². The molecule has 0 bridgehead atoms. The molecule has 1 N–H and O–H groups in total. The number of hydrogen-bond donors (Lipinski definition) is 1. The monoisotopic (exact) mass is 357 g/mol. The maximum atomic E-state index is 14.0. The average molecular weight is 358 g/mol. The summed E-state index contributed by atoms with van der Waals surface area (Å²) in [6.07, 6.45) is 2.05. The molecule has 1 saturated heterocycles. The van der Waals surface area contributed by atoms with Crippen LogP contribution in [0.3, 0.4) is 0 Å². The van der Waals surface area contributed by atoms with Crippen molar-refractivity contribution >= 4 is 27.8 Å². The number of carbonyl (C=O) groups is 2. The first-order valence-electron chi connectivity index (χ1n) is 6.93. The summed E-state index contributed by atoms with van der Waals surface area (Å²) in [6.45, 7) is 2.22. The quantitative estimate of drug-likeness (QED) is 0.897. The van der Waals surface area contributed by atoms with E-state index in [-0.39, 0.29) is 5.56 Å². The van der Waals surface area contributed by atoms with Gasteiger partial charge < -0.3 is 10.0 Å². The second-order valence-corrected chi connectivity index (χ2v) is 6.10. The largest absolute Gasteiger partial charge is 0.479 e. The number of benzene rings is 1. The van der Waals surface area contributed by atoms with Gasteiger partial charge in [-0.3, -0.25) is 4.79 Å². The van der Waals surface area contributed by atoms with E-state index >= 15 is 0 Å². The number of carbonyl (C=O) groups excluding carboxylic acids is 1. The van der Waals surface area contributed by atoms with E-state index < -0.39 is 23.2 Å². The van der Waals surface area contributed by atoms with Gasteiger partial charge in [0.2, 0.25) is 0 Å². The van der Waals surface area contributed by atoms with Crippen molar-refractivity contribution < 1.29 is 19.1 Å². The summed E-state index contributed by atoms with van der Waals surface area (Å²) in [6, 6.07) is 4.28. The molecule has 21 heavy (non-hydrogen) atoms. The molecule has 1 aliphatic rings. The van der Waals surface area contributed by atoms with E-state index in [2.05, 4.69) is 15.9 Å². The van der Waals surface area contributed by atoms with Crippen LogP contribution in [0.25, 0.3) is 0 Å². The third-order valence-corrected chi connectivity index (χ3v) is 4.63. The molecule has 0 aromatic heterocycles. The van der Waals surface area contributed by atoms with E-state index in [1.54, 1.807) is 6.07 Å². The Labute approximate surface area is 131 Å². The van der Waals surface area contributed by atoms with Crippen molar-refractivity contribution in [2.24, 2.45) is 0 Å². The van der Waals surface area contributed by atoms with Crippen molar-refractivity contribution in [2.75, 3.05) is 6.54 Å². The molecule has 114 valence electrons. The minimum atomic E-state index is -1.21. The van der Waals surface area contributed by atoms with Gasteiger partial charge in [-0.25, -0.2) is 9.18 Å². The number of halogens is 2. The number of likely N-dealkylation sites (tertiary alicyclic amines) is 1. The Balaban J connectivity index is 2.44. The summed E-state index contributed by atoms with van der Waals surface area (Å²) >= 11 is 3.17. The van der Waals surface area contributed by atoms with E-state index in [1.165, 1.54) is 17.0 Å². The lowest BCUT2D eigenvalue weighted by Gasteiger charge is -2.35. The summed E-state index contributed by atoms with van der Waals surface area (Å²) in [4.78, 5) is 25.7. The summed E-state index contributed by atoms with van der Waals surface area (Å²) < 4.78 is 14.3. The average Bonchev–Trinajstić information content (AvgIpc) is 2.84. The van der Waals surface area contributed by atoms with Gasteiger partial charge in [-0.2, -0.15) is 0 Å². The second kappa shape index (κ2) is 6.13. The van der Waals surface area contributed by atoms with Gasteiger partial charge in [0.15, 0.2) is 0 Å². The third-order valence-electron chi connectivity index (χ3n) is 3.97. The molecule has 4 nitrogen and oxygen atoms in total. The zero-order valence-corrected chi connectivity index (χ0v) is 13.3. The van der Waals surface area contributed by atoms with Crippen LogP contribution in [0.4, 0.5) is 4.39 Å². The Morgan fingerprint density at radius 2 is 2.19 bits per heavy atom. The van der Waals surface area contributed by atoms with Crippen molar-refractivity contribution in [3.05, 3.63) is 34.1 Å². The maximum Gasteiger partial charge on any atom is 0.329 e. The lowest BCUT2D eigenvalue weighted by molar-refractivity contribution is -0.148. The minimum Gasteiger partial charge on any atom is -0.479 e. The predicted octanol–water partition coefficient (Wildman–Crippen LogP) is 3.45. The molecule has 1 unspecified atom stereocenters. The van der Waals surface area contributed by atoms with Gasteiger partial charge in [0.1, 0.15) is 11.4 Å². The maximum absolute atomic E-state index is 14.0. The van der Waals surface area contributed by atoms with Crippen LogP contribution in [0, 0.1) is 5.82 Å². The second-order valence-electron chi connectivity index (χ2n) is 5.24. The SMILES string of the molecule is CCCC1(C(=O)O)CCCN1C(=O)c1c(F)cccc1Br. The summed E-state index contributed by atoms with van der Waals surface area (Å²) in [5, 5.41) is 9.60. The number of aliphatic carboxylic acids is 1. The number of carboxylic acids is 1. The van der Waals surface area contributed by atoms with Crippen LogP contribution in [0.5, 0.6) is 0 Å². The third kappa shape index (κ3) is 2.69. The van der Waals surface area contributed by atoms with Crippen LogP contribution < -0.4 is 0 Å². The molecule has 2 rings (SSSR count). The highest BCUT2D eigenvalue weighted by Crippen LogP contribution is 2.36. The van der Waals surface area contributed by atoms with Crippen LogP contribution in [0.1, 0.15) is 43.0 Å². The van der Waals surface area contributed by atoms with Crippen LogP contribution in [0.15, 0.2) is 22.7 Å². The van der Waals surface area contributed by atoms with E-state index in [9.17, 15) is 19.1 Å². The predicted molar refractivity (Wildman–Crippen MR) is 79.6 cm³/mol. The smallest absolute Gasteiger partial charge is 0.329 e. The van der Waals surface area contributed by atoms with E-state index in [4.69, 9.17) is 0 Å². The molecule has 0 spiro atoms. The zero-order valence-electron chi connectivity index (χ0n) is 11.7. The lowest BCUT2D eigenvalue weighted by atomic mass is 9.90. The first-order chi connectivity index (χ1) is 9.94. The van der Waals surface area contributed by atoms with Gasteiger partial charge >= 0.3 is 5.97 Å². The van der Waals surface area contributed by atoms with Gasteiger partial charge in [-0.05, 0) is 47.3 Å². The first kappa shape index (κ1) is 15.9. The van der Waals surface area contributed by atoms with Crippen molar-refractivity contribution in [3.8, 4) is 0 Å². The molecule has 1 aromatic carbocycles. The fraction of sp³-hybridized carbons (Fsp3) is 0.467. The molecule has 0 aliphatic carbocycles. The molecular weight excluding hydrogens is 341 g/mol. The molecule has 1 fully saturated rings. The molecule has 6 heteroatoms. The number of carboxylic acid groups (broad SMARTS) is 1. The standard InChI is InChI=1S/C15H17BrFNO3/c1-2-7-15(14(20)21)8-4-9-18(15)13(19)12-10(16)5-3-6-11(12)17/h3,5-6H,2,4,7-9H2,1H3,(H,20,21). The number of nitrogens with zero attached hydrogens (tertiary/aromatic N) is 1. The van der Waals surface area contributed by atoms with Gasteiger partial charge in [-0.1, -0.05) is 19.4 Å².